The average Bonchev–Trinajstić information content (AvgIpc) is 2.75. The van der Waals surface area contributed by atoms with Gasteiger partial charge in [-0.05, 0) is 66.5 Å². The summed E-state index contributed by atoms with van der Waals surface area (Å²) in [6, 6.07) is 19.0. The first kappa shape index (κ1) is 31.7. The summed E-state index contributed by atoms with van der Waals surface area (Å²) in [6.45, 7) is 14.7. The molecular formula is C26H40O6P2S2. The Kier molecular flexibility index (Phi) is 12.8. The number of benzene rings is 2. The lowest BCUT2D eigenvalue weighted by atomic mass is 10.2. The third kappa shape index (κ3) is 9.63. The van der Waals surface area contributed by atoms with E-state index in [1.54, 1.807) is 0 Å². The normalized spacial score (nSPS) is 14.7. The summed E-state index contributed by atoms with van der Waals surface area (Å²) in [5, 5.41) is 0. The largest absolute Gasteiger partial charge is 0.349 e. The number of rotatable bonds is 15. The first-order valence-corrected chi connectivity index (χ1v) is 17.7. The Morgan fingerprint density at radius 3 is 0.972 bits per heavy atom. The van der Waals surface area contributed by atoms with E-state index in [-0.39, 0.29) is 24.4 Å². The van der Waals surface area contributed by atoms with E-state index in [9.17, 15) is 9.13 Å². The van der Waals surface area contributed by atoms with Gasteiger partial charge in [0, 0.05) is 0 Å². The van der Waals surface area contributed by atoms with E-state index in [0.29, 0.717) is 0 Å². The van der Waals surface area contributed by atoms with Crippen LogP contribution in [0.2, 0.25) is 0 Å². The average molecular weight is 575 g/mol. The van der Waals surface area contributed by atoms with Gasteiger partial charge in [-0.1, -0.05) is 82.3 Å². The fourth-order valence-corrected chi connectivity index (χ4v) is 13.6. The van der Waals surface area contributed by atoms with Crippen molar-refractivity contribution in [2.45, 2.75) is 89.8 Å². The Bertz CT molecular complexity index is 893. The Morgan fingerprint density at radius 2 is 0.750 bits per heavy atom. The molecule has 0 radical (unpaired) electrons. The lowest BCUT2D eigenvalue weighted by Crippen LogP contribution is -2.13. The fraction of sp³-hybridized carbons (Fsp3) is 0.538. The van der Waals surface area contributed by atoms with Crippen molar-refractivity contribution in [3.8, 4) is 0 Å². The van der Waals surface area contributed by atoms with E-state index in [1.807, 2.05) is 116 Å². The van der Waals surface area contributed by atoms with Crippen LogP contribution in [0.4, 0.5) is 0 Å². The molecule has 2 rings (SSSR count). The number of hydrogen-bond acceptors (Lipinski definition) is 8. The fourth-order valence-electron chi connectivity index (χ4n) is 3.37. The molecule has 0 N–H and O–H groups in total. The van der Waals surface area contributed by atoms with Crippen molar-refractivity contribution in [2.75, 3.05) is 0 Å². The summed E-state index contributed by atoms with van der Waals surface area (Å²) >= 11 is 0. The zero-order valence-corrected chi connectivity index (χ0v) is 25.8. The van der Waals surface area contributed by atoms with E-state index < -0.39 is 25.2 Å². The predicted molar refractivity (Wildman–Crippen MR) is 154 cm³/mol. The molecule has 202 valence electrons. The van der Waals surface area contributed by atoms with Gasteiger partial charge in [0.05, 0.1) is 24.4 Å². The van der Waals surface area contributed by atoms with E-state index in [4.69, 9.17) is 18.1 Å². The van der Waals surface area contributed by atoms with Gasteiger partial charge in [0.1, 0.15) is 9.98 Å². The van der Waals surface area contributed by atoms with Crippen molar-refractivity contribution >= 4 is 36.8 Å². The molecule has 2 atom stereocenters. The highest BCUT2D eigenvalue weighted by Crippen LogP contribution is 2.75. The monoisotopic (exact) mass is 574 g/mol. The van der Waals surface area contributed by atoms with Crippen molar-refractivity contribution in [1.29, 1.82) is 0 Å². The van der Waals surface area contributed by atoms with Crippen LogP contribution in [0.1, 0.15) is 76.5 Å². The van der Waals surface area contributed by atoms with Gasteiger partial charge >= 0.3 is 15.2 Å². The highest BCUT2D eigenvalue weighted by molar-refractivity contribution is 8.78. The summed E-state index contributed by atoms with van der Waals surface area (Å²) in [5.41, 5.74) is 1.60. The van der Waals surface area contributed by atoms with Gasteiger partial charge in [0.15, 0.2) is 0 Å². The Hall–Kier alpha value is -0.560. The first-order valence-electron chi connectivity index (χ1n) is 12.2. The summed E-state index contributed by atoms with van der Waals surface area (Å²) in [6.07, 6.45) is -1.24. The second-order valence-electron chi connectivity index (χ2n) is 9.41. The van der Waals surface area contributed by atoms with Crippen LogP contribution < -0.4 is 0 Å². The van der Waals surface area contributed by atoms with E-state index in [1.165, 1.54) is 21.6 Å². The minimum Gasteiger partial charge on any atom is -0.305 e. The van der Waals surface area contributed by atoms with E-state index >= 15 is 0 Å². The molecule has 2 aromatic rings. The first-order chi connectivity index (χ1) is 16.9. The molecule has 0 heterocycles. The van der Waals surface area contributed by atoms with E-state index in [2.05, 4.69) is 0 Å². The smallest absolute Gasteiger partial charge is 0.305 e. The van der Waals surface area contributed by atoms with Crippen molar-refractivity contribution in [3.05, 3.63) is 71.8 Å². The third-order valence-corrected chi connectivity index (χ3v) is 14.6. The second kappa shape index (κ2) is 14.6. The second-order valence-corrected chi connectivity index (χ2v) is 16.6. The molecule has 0 aromatic heterocycles. The van der Waals surface area contributed by atoms with Crippen LogP contribution in [0, 0.1) is 0 Å². The maximum atomic E-state index is 14.3. The molecule has 0 bridgehead atoms. The summed E-state index contributed by atoms with van der Waals surface area (Å²) in [5.74, 6) is 0. The molecule has 6 nitrogen and oxygen atoms in total. The van der Waals surface area contributed by atoms with Gasteiger partial charge in [-0.15, -0.1) is 0 Å². The van der Waals surface area contributed by atoms with Crippen LogP contribution in [0.5, 0.6) is 0 Å². The van der Waals surface area contributed by atoms with Crippen LogP contribution in [0.25, 0.3) is 0 Å². The van der Waals surface area contributed by atoms with Crippen molar-refractivity contribution in [2.24, 2.45) is 0 Å². The third-order valence-electron chi connectivity index (χ3n) is 4.41. The maximum Gasteiger partial charge on any atom is 0.349 e. The van der Waals surface area contributed by atoms with Crippen LogP contribution in [-0.4, -0.2) is 24.4 Å². The van der Waals surface area contributed by atoms with Crippen molar-refractivity contribution in [3.63, 3.8) is 0 Å². The molecule has 0 aliphatic heterocycles. The standard InChI is InChI=1S/C26H40O6P2S2/c1-19(2)29-33(27,30-20(3)4)25(23-15-11-9-12-16-23)35-36-26(24-17-13-10-14-18-24)34(28,31-21(5)6)32-22(7)8/h9-22,25-26H,1-8H3/t25-,26-/m1/s1. The maximum absolute atomic E-state index is 14.3. The summed E-state index contributed by atoms with van der Waals surface area (Å²) < 4.78 is 52.5. The summed E-state index contributed by atoms with van der Waals surface area (Å²) in [7, 11) is -4.65. The molecule has 0 spiro atoms. The van der Waals surface area contributed by atoms with Crippen LogP contribution >= 0.6 is 36.8 Å². The molecule has 0 aliphatic rings. The van der Waals surface area contributed by atoms with Crippen LogP contribution in [0.15, 0.2) is 60.7 Å². The molecule has 2 aromatic carbocycles. The molecule has 0 saturated carbocycles. The SMILES string of the molecule is CC(C)OP(=O)(OC(C)C)[C@H](SS[C@H](c1ccccc1)P(=O)(OC(C)C)OC(C)C)c1ccccc1. The highest BCUT2D eigenvalue weighted by atomic mass is 33.1. The highest BCUT2D eigenvalue weighted by Gasteiger charge is 2.45. The minimum absolute atomic E-state index is 0.309. The lowest BCUT2D eigenvalue weighted by Gasteiger charge is -2.32. The van der Waals surface area contributed by atoms with Crippen molar-refractivity contribution < 1.29 is 27.2 Å². The minimum atomic E-state index is -3.65. The Labute approximate surface area is 225 Å². The summed E-state index contributed by atoms with van der Waals surface area (Å²) in [4.78, 5) is -1.32. The molecule has 0 saturated heterocycles. The van der Waals surface area contributed by atoms with E-state index in [0.717, 1.165) is 11.1 Å². The predicted octanol–water partition coefficient (Wildman–Crippen LogP) is 9.85. The van der Waals surface area contributed by atoms with Gasteiger partial charge in [0.25, 0.3) is 0 Å². The van der Waals surface area contributed by atoms with Gasteiger partial charge in [-0.3, -0.25) is 9.13 Å². The van der Waals surface area contributed by atoms with Gasteiger partial charge < -0.3 is 18.1 Å². The molecular weight excluding hydrogens is 534 g/mol. The zero-order chi connectivity index (χ0) is 26.9. The zero-order valence-electron chi connectivity index (χ0n) is 22.4. The molecule has 0 fully saturated rings. The van der Waals surface area contributed by atoms with Gasteiger partial charge in [-0.2, -0.15) is 0 Å². The van der Waals surface area contributed by atoms with Crippen LogP contribution in [0.3, 0.4) is 0 Å². The topological polar surface area (TPSA) is 71.1 Å². The van der Waals surface area contributed by atoms with Crippen molar-refractivity contribution in [1.82, 2.24) is 0 Å². The molecule has 0 aliphatic carbocycles. The lowest BCUT2D eigenvalue weighted by molar-refractivity contribution is 0.139. The number of hydrogen-bond donors (Lipinski definition) is 0. The molecule has 10 heteroatoms. The Morgan fingerprint density at radius 1 is 0.500 bits per heavy atom. The molecule has 0 unspecified atom stereocenters. The molecule has 36 heavy (non-hydrogen) atoms. The quantitative estimate of drug-likeness (QED) is 0.154. The van der Waals surface area contributed by atoms with Gasteiger partial charge in [-0.25, -0.2) is 0 Å². The molecule has 0 amide bonds. The Balaban J connectivity index is 2.56. The van der Waals surface area contributed by atoms with Gasteiger partial charge in [0.2, 0.25) is 0 Å². The van der Waals surface area contributed by atoms with Crippen LogP contribution in [-0.2, 0) is 27.2 Å².